The monoisotopic (exact) mass is 444 g/mol. The van der Waals surface area contributed by atoms with E-state index in [-0.39, 0.29) is 24.2 Å². The van der Waals surface area contributed by atoms with Crippen LogP contribution in [-0.4, -0.2) is 34.9 Å². The Morgan fingerprint density at radius 2 is 1.94 bits per heavy atom. The predicted octanol–water partition coefficient (Wildman–Crippen LogP) is 3.60. The Morgan fingerprint density at radius 3 is 2.79 bits per heavy atom. The Hall–Kier alpha value is -4.20. The SMILES string of the molecule is O=C(NCCc1nc2ccc(F)cc2[nH]1)c1ccc(CN2C(=O)COc3ccccc32)cc1. The van der Waals surface area contributed by atoms with Gasteiger partial charge in [-0.2, -0.15) is 0 Å². The first-order chi connectivity index (χ1) is 16.1. The van der Waals surface area contributed by atoms with Crippen molar-refractivity contribution < 1.29 is 18.7 Å². The fourth-order valence-electron chi connectivity index (χ4n) is 3.82. The number of anilines is 1. The first-order valence-corrected chi connectivity index (χ1v) is 10.6. The lowest BCUT2D eigenvalue weighted by atomic mass is 10.1. The molecule has 0 saturated heterocycles. The summed E-state index contributed by atoms with van der Waals surface area (Å²) in [5.74, 6) is 0.737. The average molecular weight is 444 g/mol. The van der Waals surface area contributed by atoms with Crippen molar-refractivity contribution in [3.8, 4) is 5.75 Å². The standard InChI is InChI=1S/C25H21FN4O3/c26-18-9-10-19-20(13-18)29-23(28-19)11-12-27-25(32)17-7-5-16(6-8-17)14-30-21-3-1-2-4-22(21)33-15-24(30)31/h1-10,13H,11-12,14-15H2,(H,27,32)(H,28,29). The number of halogens is 1. The van der Waals surface area contributed by atoms with Crippen LogP contribution in [0.5, 0.6) is 5.75 Å². The van der Waals surface area contributed by atoms with Crippen LogP contribution in [0, 0.1) is 5.82 Å². The summed E-state index contributed by atoms with van der Waals surface area (Å²) < 4.78 is 18.8. The van der Waals surface area contributed by atoms with Gasteiger partial charge in [-0.1, -0.05) is 24.3 Å². The molecule has 0 spiro atoms. The maximum atomic E-state index is 13.3. The summed E-state index contributed by atoms with van der Waals surface area (Å²) in [5.41, 5.74) is 3.50. The van der Waals surface area contributed by atoms with Gasteiger partial charge in [0.05, 0.1) is 23.3 Å². The number of H-pyrrole nitrogens is 1. The van der Waals surface area contributed by atoms with Crippen LogP contribution in [0.2, 0.25) is 0 Å². The number of imidazole rings is 1. The molecule has 7 nitrogen and oxygen atoms in total. The van der Waals surface area contributed by atoms with E-state index in [4.69, 9.17) is 4.74 Å². The summed E-state index contributed by atoms with van der Waals surface area (Å²) in [4.78, 5) is 34.0. The number of carbonyl (C=O) groups excluding carboxylic acids is 2. The van der Waals surface area contributed by atoms with Crippen LogP contribution in [0.1, 0.15) is 21.7 Å². The molecule has 2 heterocycles. The second-order valence-corrected chi connectivity index (χ2v) is 7.78. The number of amides is 2. The minimum absolute atomic E-state index is 0.0116. The fraction of sp³-hybridized carbons (Fsp3) is 0.160. The van der Waals surface area contributed by atoms with Gasteiger partial charge in [-0.15, -0.1) is 0 Å². The number of aromatic amines is 1. The largest absolute Gasteiger partial charge is 0.482 e. The lowest BCUT2D eigenvalue weighted by molar-refractivity contribution is -0.121. The Bertz CT molecular complexity index is 1330. The molecule has 0 bridgehead atoms. The van der Waals surface area contributed by atoms with Crippen molar-refractivity contribution in [3.05, 3.63) is 89.5 Å². The third kappa shape index (κ3) is 4.41. The second kappa shape index (κ2) is 8.74. The smallest absolute Gasteiger partial charge is 0.265 e. The highest BCUT2D eigenvalue weighted by Crippen LogP contribution is 2.32. The summed E-state index contributed by atoms with van der Waals surface area (Å²) in [6.07, 6.45) is 0.499. The minimum Gasteiger partial charge on any atom is -0.482 e. The quantitative estimate of drug-likeness (QED) is 0.476. The van der Waals surface area contributed by atoms with E-state index >= 15 is 0 Å². The van der Waals surface area contributed by atoms with Crippen LogP contribution in [0.4, 0.5) is 10.1 Å². The van der Waals surface area contributed by atoms with Gasteiger partial charge in [0.25, 0.3) is 11.8 Å². The van der Waals surface area contributed by atoms with Crippen LogP contribution in [-0.2, 0) is 17.8 Å². The zero-order valence-corrected chi connectivity index (χ0v) is 17.7. The molecule has 0 atom stereocenters. The van der Waals surface area contributed by atoms with Gasteiger partial charge in [-0.3, -0.25) is 9.59 Å². The van der Waals surface area contributed by atoms with Gasteiger partial charge < -0.3 is 19.9 Å². The van der Waals surface area contributed by atoms with E-state index in [1.807, 2.05) is 36.4 Å². The number of hydrogen-bond donors (Lipinski definition) is 2. The zero-order valence-electron chi connectivity index (χ0n) is 17.7. The number of carbonyl (C=O) groups is 2. The van der Waals surface area contributed by atoms with Crippen molar-refractivity contribution in [2.24, 2.45) is 0 Å². The normalized spacial score (nSPS) is 13.0. The highest BCUT2D eigenvalue weighted by molar-refractivity contribution is 5.98. The van der Waals surface area contributed by atoms with E-state index in [9.17, 15) is 14.0 Å². The maximum absolute atomic E-state index is 13.3. The van der Waals surface area contributed by atoms with Gasteiger partial charge in [0, 0.05) is 18.5 Å². The molecule has 0 saturated carbocycles. The topological polar surface area (TPSA) is 87.3 Å². The number of ether oxygens (including phenoxy) is 1. The molecule has 5 rings (SSSR count). The molecule has 8 heteroatoms. The van der Waals surface area contributed by atoms with Gasteiger partial charge in [0.15, 0.2) is 6.61 Å². The number of hydrogen-bond acceptors (Lipinski definition) is 4. The lowest BCUT2D eigenvalue weighted by Crippen LogP contribution is -2.38. The fourth-order valence-corrected chi connectivity index (χ4v) is 3.82. The lowest BCUT2D eigenvalue weighted by Gasteiger charge is -2.29. The molecule has 0 aliphatic carbocycles. The zero-order chi connectivity index (χ0) is 22.8. The third-order valence-corrected chi connectivity index (χ3v) is 5.51. The molecule has 2 amide bonds. The second-order valence-electron chi connectivity index (χ2n) is 7.78. The van der Waals surface area contributed by atoms with Crippen molar-refractivity contribution in [3.63, 3.8) is 0 Å². The van der Waals surface area contributed by atoms with Crippen LogP contribution in [0.3, 0.4) is 0 Å². The molecule has 4 aromatic rings. The van der Waals surface area contributed by atoms with Gasteiger partial charge >= 0.3 is 0 Å². The van der Waals surface area contributed by atoms with Gasteiger partial charge in [-0.05, 0) is 48.0 Å². The molecule has 3 aromatic carbocycles. The number of benzene rings is 3. The molecular weight excluding hydrogens is 423 g/mol. The number of rotatable bonds is 6. The summed E-state index contributed by atoms with van der Waals surface area (Å²) in [7, 11) is 0. The van der Waals surface area contributed by atoms with Crippen LogP contribution >= 0.6 is 0 Å². The maximum Gasteiger partial charge on any atom is 0.265 e. The predicted molar refractivity (Wildman–Crippen MR) is 122 cm³/mol. The summed E-state index contributed by atoms with van der Waals surface area (Å²) in [5, 5.41) is 2.87. The van der Waals surface area contributed by atoms with E-state index in [1.54, 1.807) is 23.1 Å². The number of aromatic nitrogens is 2. The molecule has 0 fully saturated rings. The molecule has 0 radical (unpaired) electrons. The number of nitrogens with one attached hydrogen (secondary N) is 2. The van der Waals surface area contributed by atoms with Gasteiger partial charge in [-0.25, -0.2) is 9.37 Å². The van der Waals surface area contributed by atoms with Crippen molar-refractivity contribution in [2.75, 3.05) is 18.1 Å². The van der Waals surface area contributed by atoms with E-state index in [0.29, 0.717) is 47.7 Å². The minimum atomic E-state index is -0.323. The van der Waals surface area contributed by atoms with Crippen molar-refractivity contribution in [1.82, 2.24) is 15.3 Å². The Kier molecular flexibility index (Phi) is 5.48. The van der Waals surface area contributed by atoms with Crippen LogP contribution in [0.15, 0.2) is 66.7 Å². The van der Waals surface area contributed by atoms with Crippen LogP contribution < -0.4 is 15.0 Å². The third-order valence-electron chi connectivity index (χ3n) is 5.51. The molecular formula is C25H21FN4O3. The highest BCUT2D eigenvalue weighted by Gasteiger charge is 2.25. The summed E-state index contributed by atoms with van der Waals surface area (Å²) in [6, 6.07) is 19.0. The molecule has 1 aliphatic rings. The molecule has 1 aromatic heterocycles. The Morgan fingerprint density at radius 1 is 1.12 bits per heavy atom. The molecule has 2 N–H and O–H groups in total. The Balaban J connectivity index is 1.19. The number of fused-ring (bicyclic) bond motifs is 2. The van der Waals surface area contributed by atoms with E-state index in [2.05, 4.69) is 15.3 Å². The average Bonchev–Trinajstić information content (AvgIpc) is 3.23. The van der Waals surface area contributed by atoms with Crippen molar-refractivity contribution in [1.29, 1.82) is 0 Å². The van der Waals surface area contributed by atoms with E-state index in [0.717, 1.165) is 11.3 Å². The molecule has 1 aliphatic heterocycles. The van der Waals surface area contributed by atoms with Gasteiger partial charge in [0.2, 0.25) is 0 Å². The first kappa shape index (κ1) is 20.7. The van der Waals surface area contributed by atoms with Crippen LogP contribution in [0.25, 0.3) is 11.0 Å². The molecule has 0 unspecified atom stereocenters. The summed E-state index contributed by atoms with van der Waals surface area (Å²) in [6.45, 7) is 0.799. The van der Waals surface area contributed by atoms with Crippen molar-refractivity contribution in [2.45, 2.75) is 13.0 Å². The van der Waals surface area contributed by atoms with Crippen molar-refractivity contribution >= 4 is 28.5 Å². The first-order valence-electron chi connectivity index (χ1n) is 10.6. The summed E-state index contributed by atoms with van der Waals surface area (Å²) >= 11 is 0. The van der Waals surface area contributed by atoms with Gasteiger partial charge in [0.1, 0.15) is 17.4 Å². The number of para-hydroxylation sites is 2. The highest BCUT2D eigenvalue weighted by atomic mass is 19.1. The Labute approximate surface area is 189 Å². The molecule has 166 valence electrons. The number of nitrogens with zero attached hydrogens (tertiary/aromatic N) is 2. The van der Waals surface area contributed by atoms with E-state index < -0.39 is 0 Å². The van der Waals surface area contributed by atoms with E-state index in [1.165, 1.54) is 12.1 Å². The molecule has 33 heavy (non-hydrogen) atoms.